The molecule has 0 aromatic carbocycles. The van der Waals surface area contributed by atoms with Gasteiger partial charge in [-0.1, -0.05) is 6.42 Å². The number of aromatic nitrogens is 1. The molecule has 0 atom stereocenters. The fourth-order valence-electron chi connectivity index (χ4n) is 2.81. The molecule has 5 heteroatoms. The van der Waals surface area contributed by atoms with Gasteiger partial charge in [0.15, 0.2) is 0 Å². The third kappa shape index (κ3) is 7.89. The number of halogens is 2. The normalized spacial score (nSPS) is 15.0. The number of anilines is 1. The van der Waals surface area contributed by atoms with Gasteiger partial charge in [0.05, 0.1) is 0 Å². The second kappa shape index (κ2) is 11.1. The van der Waals surface area contributed by atoms with Gasteiger partial charge in [0, 0.05) is 23.6 Å². The van der Waals surface area contributed by atoms with E-state index < -0.39 is 0 Å². The van der Waals surface area contributed by atoms with E-state index in [2.05, 4.69) is 41.2 Å². The Labute approximate surface area is 141 Å². The van der Waals surface area contributed by atoms with Crippen molar-refractivity contribution in [3.63, 3.8) is 0 Å². The highest BCUT2D eigenvalue weighted by atomic mass is 35.5. The van der Waals surface area contributed by atoms with Crippen LogP contribution in [0.4, 0.5) is 5.69 Å². The number of pyridine rings is 1. The van der Waals surface area contributed by atoms with E-state index >= 15 is 0 Å². The summed E-state index contributed by atoms with van der Waals surface area (Å²) in [7, 11) is 0. The standard InChI is InChI=1S/C16H27N3.2ClH/c1-14-12-16(13-15(2)18-14)17-8-4-7-11-19-9-5-3-6-10-19;;/h12-13H,3-11H2,1-2H3,(H,17,18);2*1H. The molecule has 3 nitrogen and oxygen atoms in total. The summed E-state index contributed by atoms with van der Waals surface area (Å²) >= 11 is 0. The second-order valence-electron chi connectivity index (χ2n) is 5.67. The van der Waals surface area contributed by atoms with Crippen LogP contribution in [0.1, 0.15) is 43.5 Å². The van der Waals surface area contributed by atoms with Crippen molar-refractivity contribution < 1.29 is 0 Å². The molecule has 1 aromatic heterocycles. The SMILES string of the molecule is Cc1cc(NCCCCN2CCCCC2)cc(C)n1.Cl.Cl. The van der Waals surface area contributed by atoms with Crippen LogP contribution in [0.3, 0.4) is 0 Å². The van der Waals surface area contributed by atoms with E-state index in [0.29, 0.717) is 0 Å². The van der Waals surface area contributed by atoms with Crippen LogP contribution in [0.2, 0.25) is 0 Å². The Morgan fingerprint density at radius 3 is 2.24 bits per heavy atom. The minimum absolute atomic E-state index is 0. The molecule has 1 saturated heterocycles. The first-order chi connectivity index (χ1) is 9.24. The highest BCUT2D eigenvalue weighted by molar-refractivity contribution is 5.85. The van der Waals surface area contributed by atoms with Gasteiger partial charge in [0.2, 0.25) is 0 Å². The number of hydrogen-bond donors (Lipinski definition) is 1. The zero-order valence-electron chi connectivity index (χ0n) is 13.2. The lowest BCUT2D eigenvalue weighted by Gasteiger charge is -2.26. The van der Waals surface area contributed by atoms with E-state index in [1.165, 1.54) is 57.4 Å². The van der Waals surface area contributed by atoms with Gasteiger partial charge < -0.3 is 10.2 Å². The van der Waals surface area contributed by atoms with Gasteiger partial charge in [-0.3, -0.25) is 4.98 Å². The fourth-order valence-corrected chi connectivity index (χ4v) is 2.81. The molecule has 0 amide bonds. The summed E-state index contributed by atoms with van der Waals surface area (Å²) in [6.07, 6.45) is 6.77. The van der Waals surface area contributed by atoms with E-state index in [1.807, 2.05) is 0 Å². The third-order valence-electron chi connectivity index (χ3n) is 3.76. The fraction of sp³-hybridized carbons (Fsp3) is 0.688. The molecular weight excluding hydrogens is 305 g/mol. The molecule has 1 fully saturated rings. The molecule has 1 aromatic rings. The van der Waals surface area contributed by atoms with Crippen molar-refractivity contribution in [1.82, 2.24) is 9.88 Å². The predicted molar refractivity (Wildman–Crippen MR) is 96.2 cm³/mol. The van der Waals surface area contributed by atoms with Crippen LogP contribution in [-0.2, 0) is 0 Å². The molecule has 1 N–H and O–H groups in total. The van der Waals surface area contributed by atoms with Crippen LogP contribution >= 0.6 is 24.8 Å². The number of aryl methyl sites for hydroxylation is 2. The molecular formula is C16H29Cl2N3. The number of unbranched alkanes of at least 4 members (excludes halogenated alkanes) is 1. The molecule has 1 aliphatic rings. The highest BCUT2D eigenvalue weighted by Crippen LogP contribution is 2.12. The van der Waals surface area contributed by atoms with Crippen molar-refractivity contribution >= 4 is 30.5 Å². The van der Waals surface area contributed by atoms with Gasteiger partial charge in [-0.05, 0) is 71.3 Å². The predicted octanol–water partition coefficient (Wildman–Crippen LogP) is 4.22. The number of likely N-dealkylation sites (tertiary alicyclic amines) is 1. The van der Waals surface area contributed by atoms with E-state index in [4.69, 9.17) is 0 Å². The smallest absolute Gasteiger partial charge is 0.0396 e. The van der Waals surface area contributed by atoms with Crippen LogP contribution in [0.25, 0.3) is 0 Å². The van der Waals surface area contributed by atoms with Gasteiger partial charge in [-0.2, -0.15) is 0 Å². The summed E-state index contributed by atoms with van der Waals surface area (Å²) in [5, 5.41) is 3.51. The molecule has 0 aliphatic carbocycles. The zero-order valence-corrected chi connectivity index (χ0v) is 14.9. The van der Waals surface area contributed by atoms with E-state index in [-0.39, 0.29) is 24.8 Å². The largest absolute Gasteiger partial charge is 0.385 e. The van der Waals surface area contributed by atoms with Crippen LogP contribution in [0, 0.1) is 13.8 Å². The lowest BCUT2D eigenvalue weighted by atomic mass is 10.1. The Bertz CT molecular complexity index is 373. The summed E-state index contributed by atoms with van der Waals surface area (Å²) < 4.78 is 0. The molecule has 0 unspecified atom stereocenters. The average molecular weight is 334 g/mol. The van der Waals surface area contributed by atoms with Crippen LogP contribution in [0.5, 0.6) is 0 Å². The number of hydrogen-bond acceptors (Lipinski definition) is 3. The summed E-state index contributed by atoms with van der Waals surface area (Å²) in [4.78, 5) is 7.01. The van der Waals surface area contributed by atoms with Crippen LogP contribution < -0.4 is 5.32 Å². The Morgan fingerprint density at radius 1 is 1.00 bits per heavy atom. The van der Waals surface area contributed by atoms with Crippen molar-refractivity contribution in [2.75, 3.05) is 31.5 Å². The molecule has 0 radical (unpaired) electrons. The maximum absolute atomic E-state index is 4.39. The molecule has 0 bridgehead atoms. The zero-order chi connectivity index (χ0) is 13.5. The summed E-state index contributed by atoms with van der Waals surface area (Å²) in [6.45, 7) is 9.07. The number of nitrogens with one attached hydrogen (secondary N) is 1. The molecule has 122 valence electrons. The summed E-state index contributed by atoms with van der Waals surface area (Å²) in [5.41, 5.74) is 3.40. The number of rotatable bonds is 6. The first-order valence-corrected chi connectivity index (χ1v) is 7.65. The van der Waals surface area contributed by atoms with Gasteiger partial charge in [0.25, 0.3) is 0 Å². The number of piperidine rings is 1. The molecule has 2 heterocycles. The van der Waals surface area contributed by atoms with E-state index in [1.54, 1.807) is 0 Å². The van der Waals surface area contributed by atoms with Gasteiger partial charge >= 0.3 is 0 Å². The molecule has 0 saturated carbocycles. The minimum Gasteiger partial charge on any atom is -0.385 e. The molecule has 0 spiro atoms. The van der Waals surface area contributed by atoms with Crippen molar-refractivity contribution in [2.45, 2.75) is 46.0 Å². The van der Waals surface area contributed by atoms with Crippen molar-refractivity contribution in [3.8, 4) is 0 Å². The summed E-state index contributed by atoms with van der Waals surface area (Å²) in [5.74, 6) is 0. The molecule has 1 aliphatic heterocycles. The Morgan fingerprint density at radius 2 is 1.62 bits per heavy atom. The minimum atomic E-state index is 0. The first kappa shape index (κ1) is 20.5. The monoisotopic (exact) mass is 333 g/mol. The maximum atomic E-state index is 4.39. The van der Waals surface area contributed by atoms with Gasteiger partial charge in [0.1, 0.15) is 0 Å². The Balaban J connectivity index is 0.00000200. The van der Waals surface area contributed by atoms with Crippen molar-refractivity contribution in [3.05, 3.63) is 23.5 Å². The Kier molecular flexibility index (Phi) is 10.8. The van der Waals surface area contributed by atoms with Gasteiger partial charge in [-0.25, -0.2) is 0 Å². The lowest BCUT2D eigenvalue weighted by Crippen LogP contribution is -2.30. The van der Waals surface area contributed by atoms with Gasteiger partial charge in [-0.15, -0.1) is 24.8 Å². The quantitative estimate of drug-likeness (QED) is 0.790. The Hall–Kier alpha value is -0.510. The van der Waals surface area contributed by atoms with Crippen LogP contribution in [-0.4, -0.2) is 36.1 Å². The van der Waals surface area contributed by atoms with E-state index in [9.17, 15) is 0 Å². The summed E-state index contributed by atoms with van der Waals surface area (Å²) in [6, 6.07) is 4.25. The van der Waals surface area contributed by atoms with Crippen molar-refractivity contribution in [1.29, 1.82) is 0 Å². The van der Waals surface area contributed by atoms with Crippen LogP contribution in [0.15, 0.2) is 12.1 Å². The highest BCUT2D eigenvalue weighted by Gasteiger charge is 2.08. The van der Waals surface area contributed by atoms with Crippen molar-refractivity contribution in [2.24, 2.45) is 0 Å². The molecule has 2 rings (SSSR count). The second-order valence-corrected chi connectivity index (χ2v) is 5.67. The lowest BCUT2D eigenvalue weighted by molar-refractivity contribution is 0.225. The first-order valence-electron chi connectivity index (χ1n) is 7.65. The maximum Gasteiger partial charge on any atom is 0.0396 e. The average Bonchev–Trinajstić information content (AvgIpc) is 2.38. The topological polar surface area (TPSA) is 28.2 Å². The third-order valence-corrected chi connectivity index (χ3v) is 3.76. The van der Waals surface area contributed by atoms with E-state index in [0.717, 1.165) is 17.9 Å². The number of nitrogens with zero attached hydrogens (tertiary/aromatic N) is 2. The molecule has 21 heavy (non-hydrogen) atoms.